The van der Waals surface area contributed by atoms with Crippen LogP contribution in [0.3, 0.4) is 0 Å². The molecular formula is C18H25N3OS2. The number of thioether (sulfide) groups is 1. The number of fused-ring (bicyclic) bond motifs is 1. The molecule has 0 unspecified atom stereocenters. The first kappa shape index (κ1) is 17.7. The molecule has 130 valence electrons. The van der Waals surface area contributed by atoms with Gasteiger partial charge in [-0.05, 0) is 25.3 Å². The number of amides is 1. The Labute approximate surface area is 151 Å². The summed E-state index contributed by atoms with van der Waals surface area (Å²) in [7, 11) is 0. The van der Waals surface area contributed by atoms with E-state index in [1.54, 1.807) is 17.7 Å². The lowest BCUT2D eigenvalue weighted by atomic mass is 9.97. The average Bonchev–Trinajstić information content (AvgIpc) is 2.99. The molecule has 1 amide bonds. The topological polar surface area (TPSA) is 54.9 Å². The largest absolute Gasteiger partial charge is 0.353 e. The van der Waals surface area contributed by atoms with E-state index in [1.807, 2.05) is 0 Å². The Morgan fingerprint density at radius 1 is 1.25 bits per heavy atom. The molecule has 1 fully saturated rings. The van der Waals surface area contributed by atoms with Gasteiger partial charge in [0, 0.05) is 16.3 Å². The van der Waals surface area contributed by atoms with Crippen molar-refractivity contribution in [3.05, 3.63) is 17.3 Å². The summed E-state index contributed by atoms with van der Waals surface area (Å²) in [6.07, 6.45) is 11.3. The van der Waals surface area contributed by atoms with Crippen LogP contribution in [0.25, 0.3) is 10.2 Å². The van der Waals surface area contributed by atoms with Crippen molar-refractivity contribution in [2.75, 3.05) is 5.75 Å². The number of carbonyl (C=O) groups excluding carboxylic acids is 1. The molecule has 1 aliphatic carbocycles. The zero-order valence-corrected chi connectivity index (χ0v) is 15.8. The molecule has 2 aromatic heterocycles. The van der Waals surface area contributed by atoms with E-state index >= 15 is 0 Å². The van der Waals surface area contributed by atoms with Crippen molar-refractivity contribution in [1.82, 2.24) is 15.3 Å². The fraction of sp³-hybridized carbons (Fsp3) is 0.611. The molecular weight excluding hydrogens is 338 g/mol. The number of nitrogens with zero attached hydrogens (tertiary/aromatic N) is 2. The zero-order chi connectivity index (χ0) is 16.8. The molecule has 0 bridgehead atoms. The fourth-order valence-corrected chi connectivity index (χ4v) is 4.96. The van der Waals surface area contributed by atoms with Crippen LogP contribution in [0.5, 0.6) is 0 Å². The molecule has 2 aromatic rings. The van der Waals surface area contributed by atoms with Crippen LogP contribution in [-0.4, -0.2) is 27.7 Å². The van der Waals surface area contributed by atoms with Crippen LogP contribution in [-0.2, 0) is 11.2 Å². The average molecular weight is 364 g/mol. The van der Waals surface area contributed by atoms with E-state index in [9.17, 15) is 4.79 Å². The van der Waals surface area contributed by atoms with Crippen molar-refractivity contribution in [3.8, 4) is 0 Å². The third-order valence-corrected chi connectivity index (χ3v) is 6.70. The smallest absolute Gasteiger partial charge is 0.230 e. The number of nitrogens with one attached hydrogen (secondary N) is 1. The van der Waals surface area contributed by atoms with Gasteiger partial charge in [-0.25, -0.2) is 9.97 Å². The molecule has 0 saturated heterocycles. The summed E-state index contributed by atoms with van der Waals surface area (Å²) in [5.41, 5.74) is 0. The SMILES string of the molecule is CCc1cc2c(SCC(=O)NC3CCCCCCC3)ncnc2s1. The van der Waals surface area contributed by atoms with Gasteiger partial charge in [-0.2, -0.15) is 0 Å². The standard InChI is InChI=1S/C18H25N3OS2/c1-2-14-10-15-17(19-12-20-18(15)24-14)23-11-16(22)21-13-8-6-4-3-5-7-9-13/h10,12-13H,2-9,11H2,1H3,(H,21,22). The lowest BCUT2D eigenvalue weighted by molar-refractivity contribution is -0.119. The second-order valence-electron chi connectivity index (χ2n) is 6.36. The number of aromatic nitrogens is 2. The Hall–Kier alpha value is -1.14. The molecule has 24 heavy (non-hydrogen) atoms. The van der Waals surface area contributed by atoms with E-state index in [2.05, 4.69) is 28.3 Å². The molecule has 1 N–H and O–H groups in total. The first-order valence-corrected chi connectivity index (χ1v) is 10.7. The van der Waals surface area contributed by atoms with Crippen molar-refractivity contribution in [2.45, 2.75) is 69.4 Å². The van der Waals surface area contributed by atoms with E-state index < -0.39 is 0 Å². The van der Waals surface area contributed by atoms with Crippen LogP contribution >= 0.6 is 23.1 Å². The molecule has 3 rings (SSSR count). The van der Waals surface area contributed by atoms with Gasteiger partial charge < -0.3 is 5.32 Å². The number of carbonyl (C=O) groups is 1. The highest BCUT2D eigenvalue weighted by Gasteiger charge is 2.15. The van der Waals surface area contributed by atoms with Crippen molar-refractivity contribution < 1.29 is 4.79 Å². The van der Waals surface area contributed by atoms with Crippen LogP contribution in [0, 0.1) is 0 Å². The Bertz CT molecular complexity index is 678. The van der Waals surface area contributed by atoms with Crippen molar-refractivity contribution in [1.29, 1.82) is 0 Å². The van der Waals surface area contributed by atoms with E-state index in [4.69, 9.17) is 0 Å². The molecule has 4 nitrogen and oxygen atoms in total. The highest BCUT2D eigenvalue weighted by atomic mass is 32.2. The molecule has 0 aliphatic heterocycles. The van der Waals surface area contributed by atoms with Gasteiger partial charge in [0.05, 0.1) is 5.75 Å². The highest BCUT2D eigenvalue weighted by molar-refractivity contribution is 8.00. The minimum atomic E-state index is 0.128. The number of thiophene rings is 1. The number of hydrogen-bond acceptors (Lipinski definition) is 5. The third kappa shape index (κ3) is 4.70. The maximum absolute atomic E-state index is 12.3. The normalized spacial score (nSPS) is 16.7. The van der Waals surface area contributed by atoms with E-state index in [0.29, 0.717) is 11.8 Å². The minimum Gasteiger partial charge on any atom is -0.353 e. The fourth-order valence-electron chi connectivity index (χ4n) is 3.18. The number of rotatable bonds is 5. The van der Waals surface area contributed by atoms with Crippen LogP contribution in [0.15, 0.2) is 17.4 Å². The maximum atomic E-state index is 12.3. The predicted octanol–water partition coefficient (Wildman–Crippen LogP) is 4.57. The van der Waals surface area contributed by atoms with Gasteiger partial charge in [-0.1, -0.05) is 50.8 Å². The second-order valence-corrected chi connectivity index (χ2v) is 8.44. The second kappa shape index (κ2) is 8.81. The first-order chi connectivity index (χ1) is 11.8. The molecule has 0 aromatic carbocycles. The molecule has 0 atom stereocenters. The Morgan fingerprint density at radius 2 is 2.00 bits per heavy atom. The summed E-state index contributed by atoms with van der Waals surface area (Å²) < 4.78 is 0. The molecule has 0 radical (unpaired) electrons. The van der Waals surface area contributed by atoms with E-state index in [0.717, 1.165) is 34.5 Å². The summed E-state index contributed by atoms with van der Waals surface area (Å²) in [5.74, 6) is 0.559. The Balaban J connectivity index is 1.56. The molecule has 2 heterocycles. The van der Waals surface area contributed by atoms with Gasteiger partial charge in [-0.15, -0.1) is 11.3 Å². The van der Waals surface area contributed by atoms with Gasteiger partial charge in [0.15, 0.2) is 0 Å². The summed E-state index contributed by atoms with van der Waals surface area (Å²) in [6, 6.07) is 2.52. The molecule has 1 aliphatic rings. The lowest BCUT2D eigenvalue weighted by Gasteiger charge is -2.20. The van der Waals surface area contributed by atoms with Crippen LogP contribution in [0.2, 0.25) is 0 Å². The summed E-state index contributed by atoms with van der Waals surface area (Å²) in [5, 5.41) is 5.23. The Morgan fingerprint density at radius 3 is 2.75 bits per heavy atom. The summed E-state index contributed by atoms with van der Waals surface area (Å²) in [4.78, 5) is 23.4. The maximum Gasteiger partial charge on any atom is 0.230 e. The quantitative estimate of drug-likeness (QED) is 0.624. The number of hydrogen-bond donors (Lipinski definition) is 1. The van der Waals surface area contributed by atoms with Gasteiger partial charge in [0.1, 0.15) is 16.2 Å². The first-order valence-electron chi connectivity index (χ1n) is 8.92. The monoisotopic (exact) mass is 363 g/mol. The predicted molar refractivity (Wildman–Crippen MR) is 102 cm³/mol. The van der Waals surface area contributed by atoms with Crippen LogP contribution < -0.4 is 5.32 Å². The van der Waals surface area contributed by atoms with Crippen LogP contribution in [0.4, 0.5) is 0 Å². The third-order valence-electron chi connectivity index (χ3n) is 4.50. The van der Waals surface area contributed by atoms with E-state index in [1.165, 1.54) is 48.7 Å². The van der Waals surface area contributed by atoms with Crippen molar-refractivity contribution >= 4 is 39.2 Å². The Kier molecular flexibility index (Phi) is 6.49. The molecule has 6 heteroatoms. The van der Waals surface area contributed by atoms with Crippen molar-refractivity contribution in [2.24, 2.45) is 0 Å². The number of aryl methyl sites for hydroxylation is 1. The van der Waals surface area contributed by atoms with Crippen molar-refractivity contribution in [3.63, 3.8) is 0 Å². The lowest BCUT2D eigenvalue weighted by Crippen LogP contribution is -2.36. The van der Waals surface area contributed by atoms with Crippen LogP contribution in [0.1, 0.15) is 56.7 Å². The minimum absolute atomic E-state index is 0.128. The zero-order valence-electron chi connectivity index (χ0n) is 14.2. The van der Waals surface area contributed by atoms with Gasteiger partial charge in [0.25, 0.3) is 0 Å². The molecule has 1 saturated carbocycles. The molecule has 0 spiro atoms. The van der Waals surface area contributed by atoms with Gasteiger partial charge >= 0.3 is 0 Å². The van der Waals surface area contributed by atoms with Gasteiger partial charge in [0.2, 0.25) is 5.91 Å². The van der Waals surface area contributed by atoms with Gasteiger partial charge in [-0.3, -0.25) is 4.79 Å². The summed E-state index contributed by atoms with van der Waals surface area (Å²) in [6.45, 7) is 2.15. The highest BCUT2D eigenvalue weighted by Crippen LogP contribution is 2.30. The van der Waals surface area contributed by atoms with E-state index in [-0.39, 0.29) is 5.91 Å². The summed E-state index contributed by atoms with van der Waals surface area (Å²) >= 11 is 3.24.